The van der Waals surface area contributed by atoms with Crippen LogP contribution in [0.3, 0.4) is 0 Å². The summed E-state index contributed by atoms with van der Waals surface area (Å²) in [7, 11) is -10.2. The molecular weight excluding hydrogens is 651 g/mol. The minimum atomic E-state index is -5.11. The number of fused-ring (bicyclic) bond motifs is 5. The van der Waals surface area contributed by atoms with E-state index in [9.17, 15) is 24.0 Å². The second-order valence-corrected chi connectivity index (χ2v) is 13.1. The molecule has 25 heteroatoms. The first-order valence-electron chi connectivity index (χ1n) is 13.1. The normalized spacial score (nSPS) is 40.5. The monoisotopic (exact) mass is 677 g/mol. The molecule has 10 N–H and O–H groups in total. The number of nitrogen functional groups attached to an aromatic ring is 1. The number of aliphatic hydroxyl groups excluding tert-OH is 1. The molecule has 244 valence electrons. The Morgan fingerprint density at radius 2 is 1.60 bits per heavy atom. The van der Waals surface area contributed by atoms with Crippen LogP contribution in [0, 0.1) is 0 Å². The standard InChI is InChI=1S/C20H26FN11O11P2/c21-8-12-7(41-18(8)31-4-27-9-14(22)25-3-26-16(9)31)2-39-45(36,37)43-13-11(33)6(1-38-44(34,35)42-12)40-19(13)32-5-28-10-15(23)29-20(24)30-17(10)32/h3-8,11-13,15,18-19,33H,1-2,23H2,(H,34,35)(H,36,37)(H2,22,25,26)(H3,24,29,30)/t6-,7-,8?,11?,12+,13+,15?,18-,19-/m1/s1. The fraction of sp³-hybridized carbons (Fsp3) is 0.550. The Labute approximate surface area is 250 Å². The average Bonchev–Trinajstić information content (AvgIpc) is 3.72. The number of phosphoric acid groups is 2. The molecule has 3 aromatic rings. The number of nitrogens with one attached hydrogen (secondary N) is 1. The molecule has 7 rings (SSSR count). The maximum Gasteiger partial charge on any atom is 0.472 e. The lowest BCUT2D eigenvalue weighted by molar-refractivity contribution is -0.0675. The van der Waals surface area contributed by atoms with Crippen LogP contribution in [0.25, 0.3) is 11.2 Å². The van der Waals surface area contributed by atoms with Gasteiger partial charge in [-0.2, -0.15) is 0 Å². The molecule has 2 bridgehead atoms. The van der Waals surface area contributed by atoms with Crippen LogP contribution in [0.1, 0.15) is 24.3 Å². The molecule has 4 aliphatic rings. The Kier molecular flexibility index (Phi) is 7.43. The number of anilines is 2. The number of halogens is 1. The summed E-state index contributed by atoms with van der Waals surface area (Å²) in [5.41, 5.74) is 18.0. The maximum atomic E-state index is 15.9. The third-order valence-electron chi connectivity index (χ3n) is 7.46. The zero-order valence-corrected chi connectivity index (χ0v) is 24.4. The van der Waals surface area contributed by atoms with Gasteiger partial charge in [0, 0.05) is 0 Å². The summed E-state index contributed by atoms with van der Waals surface area (Å²) in [6.45, 7) is -1.70. The number of phosphoric ester groups is 2. The lowest BCUT2D eigenvalue weighted by Crippen LogP contribution is -2.36. The number of guanidine groups is 1. The van der Waals surface area contributed by atoms with Crippen LogP contribution in [0.2, 0.25) is 0 Å². The highest BCUT2D eigenvalue weighted by Gasteiger charge is 2.54. The number of alkyl halides is 1. The third-order valence-corrected chi connectivity index (χ3v) is 9.43. The first-order valence-corrected chi connectivity index (χ1v) is 16.1. The molecule has 0 aromatic carbocycles. The van der Waals surface area contributed by atoms with E-state index in [1.165, 1.54) is 10.9 Å². The molecule has 3 aromatic heterocycles. The number of aromatic nitrogens is 6. The highest BCUT2D eigenvalue weighted by Crippen LogP contribution is 2.54. The molecule has 0 spiro atoms. The van der Waals surface area contributed by atoms with Crippen molar-refractivity contribution in [2.24, 2.45) is 16.5 Å². The lowest BCUT2D eigenvalue weighted by Gasteiger charge is -2.27. The number of aliphatic hydroxyl groups is 1. The number of hydrogen-bond acceptors (Lipinski definition) is 18. The predicted octanol–water partition coefficient (Wildman–Crippen LogP) is -1.49. The minimum absolute atomic E-state index is 0.00434. The van der Waals surface area contributed by atoms with Crippen LogP contribution in [0.15, 0.2) is 24.0 Å². The minimum Gasteiger partial charge on any atom is -0.387 e. The van der Waals surface area contributed by atoms with Gasteiger partial charge in [-0.15, -0.1) is 0 Å². The Hall–Kier alpha value is -3.18. The molecule has 0 radical (unpaired) electrons. The zero-order valence-electron chi connectivity index (χ0n) is 22.6. The van der Waals surface area contributed by atoms with Crippen molar-refractivity contribution in [3.8, 4) is 0 Å². The van der Waals surface area contributed by atoms with E-state index in [0.717, 1.165) is 17.2 Å². The highest BCUT2D eigenvalue weighted by molar-refractivity contribution is 7.47. The molecule has 0 saturated carbocycles. The van der Waals surface area contributed by atoms with Gasteiger partial charge >= 0.3 is 15.6 Å². The van der Waals surface area contributed by atoms with Crippen molar-refractivity contribution >= 4 is 44.4 Å². The van der Waals surface area contributed by atoms with Gasteiger partial charge in [-0.25, -0.2) is 38.4 Å². The van der Waals surface area contributed by atoms with Crippen LogP contribution in [0.5, 0.6) is 0 Å². The smallest absolute Gasteiger partial charge is 0.387 e. The summed E-state index contributed by atoms with van der Waals surface area (Å²) in [4.78, 5) is 41.3. The Bertz CT molecular complexity index is 1760. The van der Waals surface area contributed by atoms with Crippen molar-refractivity contribution in [3.05, 3.63) is 24.7 Å². The summed E-state index contributed by atoms with van der Waals surface area (Å²) in [6, 6.07) is 0. The van der Waals surface area contributed by atoms with E-state index >= 15 is 4.39 Å². The molecule has 22 nitrogen and oxygen atoms in total. The number of nitrogens with two attached hydrogens (primary N) is 3. The van der Waals surface area contributed by atoms with Crippen molar-refractivity contribution in [2.45, 2.75) is 55.3 Å². The third kappa shape index (κ3) is 5.39. The van der Waals surface area contributed by atoms with Crippen LogP contribution in [-0.4, -0.2) is 99.8 Å². The second kappa shape index (κ2) is 11.0. The van der Waals surface area contributed by atoms with Crippen molar-refractivity contribution in [2.75, 3.05) is 24.3 Å². The second-order valence-electron chi connectivity index (χ2n) is 10.3. The summed E-state index contributed by atoms with van der Waals surface area (Å²) >= 11 is 0. The number of aliphatic imine (C=N–C) groups is 1. The van der Waals surface area contributed by atoms with Gasteiger partial charge in [0.25, 0.3) is 0 Å². The van der Waals surface area contributed by atoms with E-state index in [2.05, 4.69) is 30.2 Å². The fourth-order valence-electron chi connectivity index (χ4n) is 5.41. The SMILES string of the molecule is NC1=NC(N)c2ncn([C@@H]3O[C@@H]4COP(=O)(O)O[C@@H]5C(F)[C@H](n6cnc7c(N)ncnc76)O[C@@H]5COP(=O)(O)O[C@H]3C4O)c2N1. The van der Waals surface area contributed by atoms with E-state index in [1.807, 2.05) is 0 Å². The van der Waals surface area contributed by atoms with Gasteiger partial charge in [-0.3, -0.25) is 27.2 Å². The van der Waals surface area contributed by atoms with Crippen molar-refractivity contribution in [3.63, 3.8) is 0 Å². The van der Waals surface area contributed by atoms with E-state index in [-0.39, 0.29) is 34.5 Å². The van der Waals surface area contributed by atoms with Crippen molar-refractivity contribution in [1.29, 1.82) is 0 Å². The number of nitrogens with zero attached hydrogens (tertiary/aromatic N) is 7. The Morgan fingerprint density at radius 3 is 2.36 bits per heavy atom. The summed E-state index contributed by atoms with van der Waals surface area (Å²) in [6.07, 6.45) is -10.9. The van der Waals surface area contributed by atoms with E-state index < -0.39 is 84.2 Å². The molecule has 3 saturated heterocycles. The first-order chi connectivity index (χ1) is 21.3. The van der Waals surface area contributed by atoms with Gasteiger partial charge in [-0.1, -0.05) is 0 Å². The number of rotatable bonds is 2. The Morgan fingerprint density at radius 1 is 0.933 bits per heavy atom. The van der Waals surface area contributed by atoms with Crippen molar-refractivity contribution < 1.29 is 56.0 Å². The van der Waals surface area contributed by atoms with E-state index in [1.54, 1.807) is 0 Å². The molecular formula is C20H26FN11O11P2. The van der Waals surface area contributed by atoms with Gasteiger partial charge in [-0.05, 0) is 0 Å². The molecule has 7 heterocycles. The average molecular weight is 677 g/mol. The van der Waals surface area contributed by atoms with E-state index in [0.29, 0.717) is 0 Å². The van der Waals surface area contributed by atoms with Gasteiger partial charge < -0.3 is 46.9 Å². The van der Waals surface area contributed by atoms with Gasteiger partial charge in [0.2, 0.25) is 0 Å². The van der Waals surface area contributed by atoms with Gasteiger partial charge in [0.05, 0.1) is 25.9 Å². The number of hydrogen-bond donors (Lipinski definition) is 7. The summed E-state index contributed by atoms with van der Waals surface area (Å²) in [5, 5.41) is 13.8. The predicted molar refractivity (Wildman–Crippen MR) is 144 cm³/mol. The summed E-state index contributed by atoms with van der Waals surface area (Å²) in [5.74, 6) is 0.110. The topological polar surface area (TPSA) is 314 Å². The molecule has 5 unspecified atom stereocenters. The lowest BCUT2D eigenvalue weighted by atomic mass is 10.1. The molecule has 0 aliphatic carbocycles. The number of ether oxygens (including phenoxy) is 2. The quantitative estimate of drug-likeness (QED) is 0.152. The highest BCUT2D eigenvalue weighted by atomic mass is 31.2. The molecule has 45 heavy (non-hydrogen) atoms. The molecule has 0 amide bonds. The molecule has 3 fully saturated rings. The number of imidazole rings is 2. The first kappa shape index (κ1) is 30.5. The largest absolute Gasteiger partial charge is 0.472 e. The maximum absolute atomic E-state index is 15.9. The zero-order chi connectivity index (χ0) is 31.8. The summed E-state index contributed by atoms with van der Waals surface area (Å²) < 4.78 is 76.8. The Balaban J connectivity index is 1.19. The van der Waals surface area contributed by atoms with Gasteiger partial charge in [0.1, 0.15) is 60.0 Å². The van der Waals surface area contributed by atoms with Crippen LogP contribution >= 0.6 is 15.6 Å². The molecule has 4 aliphatic heterocycles. The van der Waals surface area contributed by atoms with E-state index in [4.69, 9.17) is 44.8 Å². The fourth-order valence-corrected chi connectivity index (χ4v) is 7.30. The van der Waals surface area contributed by atoms with Crippen LogP contribution < -0.4 is 22.5 Å². The molecule has 11 atom stereocenters. The van der Waals surface area contributed by atoms with Crippen molar-refractivity contribution in [1.82, 2.24) is 29.1 Å². The van der Waals surface area contributed by atoms with Crippen LogP contribution in [0.4, 0.5) is 16.0 Å². The van der Waals surface area contributed by atoms with Crippen LogP contribution in [-0.2, 0) is 36.7 Å². The van der Waals surface area contributed by atoms with Gasteiger partial charge in [0.15, 0.2) is 36.1 Å².